The van der Waals surface area contributed by atoms with E-state index >= 15 is 0 Å². The number of esters is 1. The lowest BCUT2D eigenvalue weighted by molar-refractivity contribution is -0.144. The molecule has 0 spiro atoms. The third-order valence-corrected chi connectivity index (χ3v) is 4.19. The minimum atomic E-state index is -0.937. The van der Waals surface area contributed by atoms with Gasteiger partial charge in [-0.1, -0.05) is 11.8 Å². The van der Waals surface area contributed by atoms with E-state index in [-0.39, 0.29) is 12.4 Å². The van der Waals surface area contributed by atoms with Crippen molar-refractivity contribution >= 4 is 23.5 Å². The Hall–Kier alpha value is -2.22. The monoisotopic (exact) mass is 320 g/mol. The van der Waals surface area contributed by atoms with Gasteiger partial charge in [-0.15, -0.1) is 10.2 Å². The fourth-order valence-electron chi connectivity index (χ4n) is 1.79. The Balaban J connectivity index is 2.25. The van der Waals surface area contributed by atoms with Crippen LogP contribution in [0.3, 0.4) is 0 Å². The van der Waals surface area contributed by atoms with Crippen molar-refractivity contribution in [3.05, 3.63) is 24.5 Å². The van der Waals surface area contributed by atoms with E-state index in [0.717, 1.165) is 17.3 Å². The molecule has 1 unspecified atom stereocenters. The van der Waals surface area contributed by atoms with Crippen molar-refractivity contribution in [2.45, 2.75) is 24.3 Å². The van der Waals surface area contributed by atoms with E-state index in [4.69, 9.17) is 4.74 Å². The van der Waals surface area contributed by atoms with Crippen LogP contribution in [0.25, 0.3) is 11.4 Å². The van der Waals surface area contributed by atoms with Crippen LogP contribution < -0.4 is 0 Å². The molecule has 0 saturated carbocycles. The van der Waals surface area contributed by atoms with E-state index in [1.165, 1.54) is 6.92 Å². The van der Waals surface area contributed by atoms with Crippen LogP contribution in [-0.4, -0.2) is 43.4 Å². The molecule has 0 aromatic carbocycles. The van der Waals surface area contributed by atoms with Gasteiger partial charge in [-0.25, -0.2) is 0 Å². The molecule has 0 bridgehead atoms. The largest absolute Gasteiger partial charge is 0.465 e. The minimum Gasteiger partial charge on any atom is -0.465 e. The number of nitrogens with zero attached hydrogens (tertiary/aromatic N) is 4. The highest BCUT2D eigenvalue weighted by molar-refractivity contribution is 8.01. The maximum Gasteiger partial charge on any atom is 0.327 e. The number of ketones is 1. The Morgan fingerprint density at radius 3 is 2.59 bits per heavy atom. The summed E-state index contributed by atoms with van der Waals surface area (Å²) in [6, 6.07) is 3.62. The zero-order valence-corrected chi connectivity index (χ0v) is 13.3. The van der Waals surface area contributed by atoms with Crippen molar-refractivity contribution in [1.82, 2.24) is 19.7 Å². The van der Waals surface area contributed by atoms with Crippen LogP contribution in [0.1, 0.15) is 13.8 Å². The second-order valence-corrected chi connectivity index (χ2v) is 5.53. The zero-order valence-electron chi connectivity index (χ0n) is 12.5. The SMILES string of the molecule is CCOC(=O)C(Sc1nnc(-c2ccncc2)n1C)C(C)=O. The summed E-state index contributed by atoms with van der Waals surface area (Å²) in [6.45, 7) is 3.28. The molecule has 0 aliphatic rings. The molecule has 0 aliphatic heterocycles. The normalized spacial score (nSPS) is 12.0. The molecule has 0 amide bonds. The van der Waals surface area contributed by atoms with E-state index in [1.807, 2.05) is 12.1 Å². The summed E-state index contributed by atoms with van der Waals surface area (Å²) in [6.07, 6.45) is 3.32. The van der Waals surface area contributed by atoms with Gasteiger partial charge in [-0.05, 0) is 26.0 Å². The standard InChI is InChI=1S/C14H16N4O3S/c1-4-21-13(20)11(9(2)19)22-14-17-16-12(18(14)3)10-5-7-15-8-6-10/h5-8,11H,4H2,1-3H3. The van der Waals surface area contributed by atoms with E-state index in [1.54, 1.807) is 30.9 Å². The summed E-state index contributed by atoms with van der Waals surface area (Å²) in [7, 11) is 1.78. The van der Waals surface area contributed by atoms with Gasteiger partial charge in [0.05, 0.1) is 6.61 Å². The Kier molecular flexibility index (Phi) is 5.26. The number of pyridine rings is 1. The van der Waals surface area contributed by atoms with Gasteiger partial charge in [-0.3, -0.25) is 14.6 Å². The highest BCUT2D eigenvalue weighted by Crippen LogP contribution is 2.26. The number of rotatable bonds is 6. The summed E-state index contributed by atoms with van der Waals surface area (Å²) in [5.41, 5.74) is 0.854. The molecule has 0 N–H and O–H groups in total. The number of thioether (sulfide) groups is 1. The number of carbonyl (C=O) groups is 2. The van der Waals surface area contributed by atoms with Gasteiger partial charge >= 0.3 is 5.97 Å². The van der Waals surface area contributed by atoms with Crippen molar-refractivity contribution in [3.8, 4) is 11.4 Å². The van der Waals surface area contributed by atoms with E-state index < -0.39 is 11.2 Å². The van der Waals surface area contributed by atoms with Gasteiger partial charge in [0.25, 0.3) is 0 Å². The molecule has 8 heteroatoms. The number of hydrogen-bond acceptors (Lipinski definition) is 7. The van der Waals surface area contributed by atoms with Crippen LogP contribution in [0.5, 0.6) is 0 Å². The van der Waals surface area contributed by atoms with Crippen molar-refractivity contribution in [2.24, 2.45) is 7.05 Å². The summed E-state index contributed by atoms with van der Waals surface area (Å²) in [5.74, 6) is -0.207. The average Bonchev–Trinajstić information content (AvgIpc) is 2.86. The average molecular weight is 320 g/mol. The number of Topliss-reactive ketones (excluding diaryl/α,β-unsaturated/α-hetero) is 1. The molecule has 22 heavy (non-hydrogen) atoms. The summed E-state index contributed by atoms with van der Waals surface area (Å²) >= 11 is 1.04. The molecule has 7 nitrogen and oxygen atoms in total. The number of hydrogen-bond donors (Lipinski definition) is 0. The highest BCUT2D eigenvalue weighted by Gasteiger charge is 2.28. The molecular formula is C14H16N4O3S. The van der Waals surface area contributed by atoms with E-state index in [0.29, 0.717) is 11.0 Å². The quantitative estimate of drug-likeness (QED) is 0.453. The Bertz CT molecular complexity index is 672. The summed E-state index contributed by atoms with van der Waals surface area (Å²) < 4.78 is 6.65. The van der Waals surface area contributed by atoms with E-state index in [9.17, 15) is 9.59 Å². The molecule has 0 aliphatic carbocycles. The van der Waals surface area contributed by atoms with E-state index in [2.05, 4.69) is 15.2 Å². The van der Waals surface area contributed by atoms with Crippen molar-refractivity contribution < 1.29 is 14.3 Å². The molecule has 0 saturated heterocycles. The molecule has 2 aromatic heterocycles. The van der Waals surface area contributed by atoms with Crippen LogP contribution >= 0.6 is 11.8 Å². The highest BCUT2D eigenvalue weighted by atomic mass is 32.2. The molecule has 2 heterocycles. The zero-order chi connectivity index (χ0) is 16.1. The fraction of sp³-hybridized carbons (Fsp3) is 0.357. The molecule has 0 radical (unpaired) electrons. The maximum absolute atomic E-state index is 11.8. The lowest BCUT2D eigenvalue weighted by Gasteiger charge is -2.11. The first-order chi connectivity index (χ1) is 10.5. The predicted molar refractivity (Wildman–Crippen MR) is 81.2 cm³/mol. The fourth-order valence-corrected chi connectivity index (χ4v) is 2.66. The second kappa shape index (κ2) is 7.17. The van der Waals surface area contributed by atoms with Crippen molar-refractivity contribution in [3.63, 3.8) is 0 Å². The lowest BCUT2D eigenvalue weighted by atomic mass is 10.2. The number of aromatic nitrogens is 4. The molecule has 0 fully saturated rings. The number of carbonyl (C=O) groups excluding carboxylic acids is 2. The first kappa shape index (κ1) is 16.2. The van der Waals surface area contributed by atoms with Crippen LogP contribution in [0.15, 0.2) is 29.7 Å². The maximum atomic E-state index is 11.8. The third kappa shape index (κ3) is 3.51. The Morgan fingerprint density at radius 1 is 1.32 bits per heavy atom. The third-order valence-electron chi connectivity index (χ3n) is 2.87. The lowest BCUT2D eigenvalue weighted by Crippen LogP contribution is -2.27. The predicted octanol–water partition coefficient (Wildman–Crippen LogP) is 1.49. The van der Waals surface area contributed by atoms with Gasteiger partial charge in [0.1, 0.15) is 0 Å². The first-order valence-electron chi connectivity index (χ1n) is 6.68. The topological polar surface area (TPSA) is 87.0 Å². The summed E-state index contributed by atoms with van der Waals surface area (Å²) in [4.78, 5) is 27.5. The first-order valence-corrected chi connectivity index (χ1v) is 7.56. The summed E-state index contributed by atoms with van der Waals surface area (Å²) in [5, 5.41) is 7.69. The molecule has 1 atom stereocenters. The smallest absolute Gasteiger partial charge is 0.327 e. The number of ether oxygens (including phenoxy) is 1. The van der Waals surface area contributed by atoms with Gasteiger partial charge < -0.3 is 9.30 Å². The van der Waals surface area contributed by atoms with Crippen molar-refractivity contribution in [1.29, 1.82) is 0 Å². The molecule has 116 valence electrons. The van der Waals surface area contributed by atoms with Gasteiger partial charge in [-0.2, -0.15) is 0 Å². The second-order valence-electron chi connectivity index (χ2n) is 4.46. The van der Waals surface area contributed by atoms with Gasteiger partial charge in [0.2, 0.25) is 0 Å². The minimum absolute atomic E-state index is 0.226. The Labute approximate surface area is 132 Å². The van der Waals surface area contributed by atoms with Gasteiger partial charge in [0, 0.05) is 25.0 Å². The van der Waals surface area contributed by atoms with Crippen LogP contribution in [-0.2, 0) is 21.4 Å². The molecular weight excluding hydrogens is 304 g/mol. The van der Waals surface area contributed by atoms with Crippen LogP contribution in [0.4, 0.5) is 0 Å². The molecule has 2 rings (SSSR count). The van der Waals surface area contributed by atoms with Crippen LogP contribution in [0.2, 0.25) is 0 Å². The van der Waals surface area contributed by atoms with Crippen molar-refractivity contribution in [2.75, 3.05) is 6.61 Å². The Morgan fingerprint density at radius 2 is 2.00 bits per heavy atom. The molecule has 2 aromatic rings. The van der Waals surface area contributed by atoms with Gasteiger partial charge in [0.15, 0.2) is 22.0 Å². The van der Waals surface area contributed by atoms with Crippen LogP contribution in [0, 0.1) is 0 Å².